The summed E-state index contributed by atoms with van der Waals surface area (Å²) < 4.78 is 43.3. The van der Waals surface area contributed by atoms with Crippen LogP contribution in [0.25, 0.3) is 0 Å². The number of nitrogens with one attached hydrogen (secondary N) is 1. The van der Waals surface area contributed by atoms with Gasteiger partial charge in [0.15, 0.2) is 0 Å². The van der Waals surface area contributed by atoms with Crippen LogP contribution < -0.4 is 5.32 Å². The van der Waals surface area contributed by atoms with Crippen LogP contribution in [0.15, 0.2) is 24.3 Å². The maximum Gasteiger partial charge on any atom is 0.416 e. The molecule has 5 nitrogen and oxygen atoms in total. The van der Waals surface area contributed by atoms with Crippen LogP contribution in [-0.4, -0.2) is 42.1 Å². The molecular formula is C20H21F3N2O3. The molecule has 2 aliphatic carbocycles. The summed E-state index contributed by atoms with van der Waals surface area (Å²) in [4.78, 5) is 25.9. The molecule has 2 amide bonds. The molecule has 2 heterocycles. The van der Waals surface area contributed by atoms with Crippen molar-refractivity contribution in [1.29, 1.82) is 0 Å². The normalized spacial score (nSPS) is 36.4. The number of carbonyl (C=O) groups is 2. The standard InChI is InChI=1S/C20H21F3N2O3/c21-20(22,23)14-3-1-13(2-4-14)19-5-6-25(10-15(19)9-19)16(26)12-7-18(8-12)11-28-17(27)24-18/h1-4,12,15H,5-11H2,(H,24,27)/t12-,15-,18+,19-/m0/s1. The SMILES string of the molecule is O=C1N[C@]2(CO1)C[C@H](C(=O)N1CC[C@@]3(c4ccc(C(F)(F)F)cc4)C[C@H]3C1)C2. The monoisotopic (exact) mass is 394 g/mol. The Morgan fingerprint density at radius 3 is 2.46 bits per heavy atom. The van der Waals surface area contributed by atoms with Crippen molar-refractivity contribution in [2.45, 2.75) is 42.8 Å². The quantitative estimate of drug-likeness (QED) is 0.839. The van der Waals surface area contributed by atoms with Gasteiger partial charge in [0.2, 0.25) is 5.91 Å². The first-order valence-corrected chi connectivity index (χ1v) is 9.62. The predicted molar refractivity (Wildman–Crippen MR) is 92.4 cm³/mol. The lowest BCUT2D eigenvalue weighted by molar-refractivity contribution is -0.142. The molecule has 5 rings (SSSR count). The number of carbonyl (C=O) groups excluding carboxylic acids is 2. The molecule has 0 aromatic heterocycles. The van der Waals surface area contributed by atoms with Crippen LogP contribution in [0.5, 0.6) is 0 Å². The molecule has 2 atom stereocenters. The van der Waals surface area contributed by atoms with Crippen molar-refractivity contribution in [1.82, 2.24) is 10.2 Å². The fourth-order valence-corrected chi connectivity index (χ4v) is 5.34. The zero-order valence-corrected chi connectivity index (χ0v) is 15.2. The number of hydrogen-bond acceptors (Lipinski definition) is 3. The molecule has 28 heavy (non-hydrogen) atoms. The van der Waals surface area contributed by atoms with Gasteiger partial charge in [-0.05, 0) is 49.3 Å². The summed E-state index contributed by atoms with van der Waals surface area (Å²) in [5.74, 6) is 0.351. The van der Waals surface area contributed by atoms with E-state index in [-0.39, 0.29) is 22.8 Å². The summed E-state index contributed by atoms with van der Waals surface area (Å²) in [7, 11) is 0. The Kier molecular flexibility index (Phi) is 3.59. The van der Waals surface area contributed by atoms with E-state index in [4.69, 9.17) is 4.74 Å². The number of piperidine rings is 1. The van der Waals surface area contributed by atoms with Gasteiger partial charge in [-0.2, -0.15) is 13.2 Å². The van der Waals surface area contributed by atoms with E-state index in [0.717, 1.165) is 30.5 Å². The second kappa shape index (κ2) is 5.64. The molecule has 8 heteroatoms. The van der Waals surface area contributed by atoms with E-state index < -0.39 is 17.8 Å². The number of halogens is 3. The molecule has 1 N–H and O–H groups in total. The van der Waals surface area contributed by atoms with Crippen molar-refractivity contribution in [2.75, 3.05) is 19.7 Å². The Labute approximate surface area is 160 Å². The lowest BCUT2D eigenvalue weighted by Crippen LogP contribution is -2.58. The largest absolute Gasteiger partial charge is 0.447 e. The maximum absolute atomic E-state index is 12.8. The summed E-state index contributed by atoms with van der Waals surface area (Å²) in [6.07, 6.45) is -1.80. The number of alkyl carbamates (subject to hydrolysis) is 1. The molecule has 1 spiro atoms. The number of likely N-dealkylation sites (tertiary alicyclic amines) is 1. The van der Waals surface area contributed by atoms with E-state index in [2.05, 4.69) is 5.32 Å². The molecule has 0 unspecified atom stereocenters. The zero-order valence-electron chi connectivity index (χ0n) is 15.2. The summed E-state index contributed by atoms with van der Waals surface area (Å²) >= 11 is 0. The first-order chi connectivity index (χ1) is 13.2. The minimum Gasteiger partial charge on any atom is -0.447 e. The minimum atomic E-state index is -4.32. The van der Waals surface area contributed by atoms with Gasteiger partial charge in [-0.15, -0.1) is 0 Å². The highest BCUT2D eigenvalue weighted by Crippen LogP contribution is 2.59. The minimum absolute atomic E-state index is 0.0744. The molecule has 4 aliphatic rings. The third-order valence-corrected chi connectivity index (χ3v) is 7.07. The van der Waals surface area contributed by atoms with Gasteiger partial charge in [0.25, 0.3) is 0 Å². The summed E-state index contributed by atoms with van der Waals surface area (Å²) in [5.41, 5.74) is -0.114. The Morgan fingerprint density at radius 2 is 1.89 bits per heavy atom. The van der Waals surface area contributed by atoms with E-state index in [1.807, 2.05) is 4.90 Å². The van der Waals surface area contributed by atoms with E-state index in [1.54, 1.807) is 12.1 Å². The van der Waals surface area contributed by atoms with Gasteiger partial charge >= 0.3 is 12.3 Å². The lowest BCUT2D eigenvalue weighted by Gasteiger charge is -2.44. The van der Waals surface area contributed by atoms with E-state index in [9.17, 15) is 22.8 Å². The summed E-state index contributed by atoms with van der Waals surface area (Å²) in [6, 6.07) is 5.50. The van der Waals surface area contributed by atoms with Crippen LogP contribution in [0, 0.1) is 11.8 Å². The van der Waals surface area contributed by atoms with Crippen molar-refractivity contribution < 1.29 is 27.5 Å². The van der Waals surface area contributed by atoms with Gasteiger partial charge in [0.05, 0.1) is 11.1 Å². The van der Waals surface area contributed by atoms with Gasteiger partial charge in [-0.1, -0.05) is 12.1 Å². The smallest absolute Gasteiger partial charge is 0.416 e. The van der Waals surface area contributed by atoms with Crippen molar-refractivity contribution >= 4 is 12.0 Å². The van der Waals surface area contributed by atoms with Crippen molar-refractivity contribution in [2.24, 2.45) is 11.8 Å². The van der Waals surface area contributed by atoms with Crippen LogP contribution in [0.1, 0.15) is 36.8 Å². The summed E-state index contributed by atoms with van der Waals surface area (Å²) in [5, 5.41) is 2.80. The topological polar surface area (TPSA) is 58.6 Å². The van der Waals surface area contributed by atoms with E-state index in [1.165, 1.54) is 0 Å². The molecule has 150 valence electrons. The number of alkyl halides is 3. The van der Waals surface area contributed by atoms with Gasteiger partial charge in [-0.25, -0.2) is 4.79 Å². The van der Waals surface area contributed by atoms with Crippen LogP contribution in [0.4, 0.5) is 18.0 Å². The van der Waals surface area contributed by atoms with Gasteiger partial charge in [-0.3, -0.25) is 4.79 Å². The van der Waals surface area contributed by atoms with Gasteiger partial charge in [0.1, 0.15) is 6.61 Å². The van der Waals surface area contributed by atoms with Crippen molar-refractivity contribution in [3.63, 3.8) is 0 Å². The highest BCUT2D eigenvalue weighted by Gasteiger charge is 2.59. The highest BCUT2D eigenvalue weighted by atomic mass is 19.4. The fraction of sp³-hybridized carbons (Fsp3) is 0.600. The van der Waals surface area contributed by atoms with Crippen molar-refractivity contribution in [3.05, 3.63) is 35.4 Å². The highest BCUT2D eigenvalue weighted by molar-refractivity contribution is 5.82. The van der Waals surface area contributed by atoms with Crippen molar-refractivity contribution in [3.8, 4) is 0 Å². The zero-order chi connectivity index (χ0) is 19.7. The number of rotatable bonds is 2. The average molecular weight is 394 g/mol. The number of amides is 2. The molecule has 1 aromatic rings. The Bertz CT molecular complexity index is 832. The molecule has 1 aromatic carbocycles. The molecular weight excluding hydrogens is 373 g/mol. The first-order valence-electron chi connectivity index (χ1n) is 9.62. The molecule has 4 fully saturated rings. The third kappa shape index (κ3) is 2.68. The lowest BCUT2D eigenvalue weighted by atomic mass is 9.68. The summed E-state index contributed by atoms with van der Waals surface area (Å²) in [6.45, 7) is 1.62. The van der Waals surface area contributed by atoms with Gasteiger partial charge < -0.3 is 15.0 Å². The number of nitrogens with zero attached hydrogens (tertiary/aromatic N) is 1. The van der Waals surface area contributed by atoms with E-state index in [0.29, 0.717) is 38.5 Å². The number of cyclic esters (lactones) is 1. The first kappa shape index (κ1) is 17.8. The molecule has 0 radical (unpaired) electrons. The number of benzene rings is 1. The number of fused-ring (bicyclic) bond motifs is 1. The number of hydrogen-bond donors (Lipinski definition) is 1. The Balaban J connectivity index is 1.20. The van der Waals surface area contributed by atoms with Crippen LogP contribution in [0.3, 0.4) is 0 Å². The Hall–Kier alpha value is -2.25. The average Bonchev–Trinajstić information content (AvgIpc) is 3.25. The molecule has 2 saturated heterocycles. The molecule has 0 bridgehead atoms. The Morgan fingerprint density at radius 1 is 1.18 bits per heavy atom. The number of ether oxygens (including phenoxy) is 1. The van der Waals surface area contributed by atoms with E-state index >= 15 is 0 Å². The van der Waals surface area contributed by atoms with Gasteiger partial charge in [0, 0.05) is 24.4 Å². The second-order valence-corrected chi connectivity index (χ2v) is 8.75. The van der Waals surface area contributed by atoms with Crippen LogP contribution in [0.2, 0.25) is 0 Å². The maximum atomic E-state index is 12.8. The third-order valence-electron chi connectivity index (χ3n) is 7.07. The molecule has 2 saturated carbocycles. The van der Waals surface area contributed by atoms with Crippen LogP contribution >= 0.6 is 0 Å². The van der Waals surface area contributed by atoms with Crippen LogP contribution in [-0.2, 0) is 21.1 Å². The molecule has 2 aliphatic heterocycles. The fourth-order valence-electron chi connectivity index (χ4n) is 5.34. The predicted octanol–water partition coefficient (Wildman–Crippen LogP) is 3.08. The second-order valence-electron chi connectivity index (χ2n) is 8.75.